The first-order valence-corrected chi connectivity index (χ1v) is 10.1. The molecule has 1 unspecified atom stereocenters. The Kier molecular flexibility index (Phi) is 5.68. The molecule has 0 aliphatic heterocycles. The zero-order chi connectivity index (χ0) is 21.9. The van der Waals surface area contributed by atoms with Gasteiger partial charge in [-0.05, 0) is 48.1 Å². The molecular weight excluding hydrogens is 401 g/mol. The number of alkyl halides is 3. The van der Waals surface area contributed by atoms with Crippen molar-refractivity contribution in [2.45, 2.75) is 25.6 Å². The molecule has 0 saturated heterocycles. The predicted octanol–water partition coefficient (Wildman–Crippen LogP) is 6.66. The molecule has 1 aliphatic rings. The van der Waals surface area contributed by atoms with Crippen molar-refractivity contribution >= 4 is 11.9 Å². The number of carbonyl (C=O) groups is 1. The summed E-state index contributed by atoms with van der Waals surface area (Å²) < 4.78 is 41.3. The van der Waals surface area contributed by atoms with Crippen LogP contribution in [0.25, 0.3) is 6.08 Å². The Bertz CT molecular complexity index is 1090. The molecule has 0 radical (unpaired) electrons. The van der Waals surface area contributed by atoms with E-state index in [2.05, 4.69) is 4.74 Å². The summed E-state index contributed by atoms with van der Waals surface area (Å²) in [6, 6.07) is 23.1. The Labute approximate surface area is 179 Å². The second kappa shape index (κ2) is 8.42. The van der Waals surface area contributed by atoms with E-state index in [1.54, 1.807) is 12.1 Å². The monoisotopic (exact) mass is 422 g/mol. The fourth-order valence-corrected chi connectivity index (χ4v) is 4.08. The highest BCUT2D eigenvalue weighted by molar-refractivity contribution is 6.04. The molecule has 0 spiro atoms. The van der Waals surface area contributed by atoms with Gasteiger partial charge in [0.2, 0.25) is 0 Å². The maximum absolute atomic E-state index is 13.6. The van der Waals surface area contributed by atoms with E-state index in [9.17, 15) is 18.0 Å². The van der Waals surface area contributed by atoms with Crippen LogP contribution in [0.1, 0.15) is 33.5 Å². The van der Waals surface area contributed by atoms with Crippen LogP contribution in [-0.4, -0.2) is 12.1 Å². The zero-order valence-electron chi connectivity index (χ0n) is 16.7. The highest BCUT2D eigenvalue weighted by atomic mass is 19.4. The van der Waals surface area contributed by atoms with Crippen molar-refractivity contribution in [3.05, 3.63) is 107 Å². The van der Waals surface area contributed by atoms with Crippen molar-refractivity contribution in [3.63, 3.8) is 0 Å². The van der Waals surface area contributed by atoms with Gasteiger partial charge in [-0.25, -0.2) is 0 Å². The minimum absolute atomic E-state index is 0.0390. The van der Waals surface area contributed by atoms with Gasteiger partial charge in [-0.2, -0.15) is 0 Å². The van der Waals surface area contributed by atoms with E-state index in [0.29, 0.717) is 18.4 Å². The summed E-state index contributed by atoms with van der Waals surface area (Å²) in [4.78, 5) is 13.6. The third-order valence-corrected chi connectivity index (χ3v) is 5.63. The summed E-state index contributed by atoms with van der Waals surface area (Å²) >= 11 is 0. The van der Waals surface area contributed by atoms with Crippen molar-refractivity contribution in [1.82, 2.24) is 0 Å². The number of hydrogen-bond acceptors (Lipinski definition) is 2. The Hall–Kier alpha value is -3.34. The van der Waals surface area contributed by atoms with Crippen LogP contribution in [0.2, 0.25) is 0 Å². The number of fused-ring (bicyclic) bond motifs is 1. The molecule has 0 fully saturated rings. The molecule has 158 valence electrons. The largest absolute Gasteiger partial charge is 0.573 e. The maximum Gasteiger partial charge on any atom is 0.573 e. The van der Waals surface area contributed by atoms with Gasteiger partial charge in [0.1, 0.15) is 5.75 Å². The number of Topliss-reactive ketones (excluding diaryl/α,β-unsaturated/α-hetero) is 1. The van der Waals surface area contributed by atoms with Crippen LogP contribution in [0.3, 0.4) is 0 Å². The van der Waals surface area contributed by atoms with Crippen LogP contribution in [-0.2, 0) is 12.8 Å². The minimum Gasteiger partial charge on any atom is -0.406 e. The summed E-state index contributed by atoms with van der Waals surface area (Å²) in [5.74, 6) is -0.234. The summed E-state index contributed by atoms with van der Waals surface area (Å²) in [7, 11) is 0. The standard InChI is InChI=1S/C26H21F3O2/c27-26(28,29)31-22-12-10-20(11-13-22)18-25(16-14-19-6-2-1-3-7-19)17-15-21-8-4-5-9-23(21)24(25)30/h1-14,16H,15,17-18H2/b16-14+. The molecule has 0 heterocycles. The Morgan fingerprint density at radius 1 is 0.903 bits per heavy atom. The maximum atomic E-state index is 13.6. The van der Waals surface area contributed by atoms with Crippen molar-refractivity contribution in [2.24, 2.45) is 5.41 Å². The molecule has 1 aliphatic carbocycles. The average Bonchev–Trinajstić information content (AvgIpc) is 2.76. The smallest absolute Gasteiger partial charge is 0.406 e. The third kappa shape index (κ3) is 4.88. The average molecular weight is 422 g/mol. The SMILES string of the molecule is O=C1c2ccccc2CCC1(/C=C/c1ccccc1)Cc1ccc(OC(F)(F)F)cc1. The molecule has 3 aromatic carbocycles. The molecule has 1 atom stereocenters. The second-order valence-electron chi connectivity index (χ2n) is 7.75. The Balaban J connectivity index is 1.67. The van der Waals surface area contributed by atoms with Crippen LogP contribution in [0.15, 0.2) is 84.9 Å². The van der Waals surface area contributed by atoms with Gasteiger partial charge < -0.3 is 4.74 Å². The number of halogens is 3. The lowest BCUT2D eigenvalue weighted by atomic mass is 9.67. The van der Waals surface area contributed by atoms with Crippen molar-refractivity contribution < 1.29 is 22.7 Å². The normalized spacial score (nSPS) is 18.7. The van der Waals surface area contributed by atoms with E-state index >= 15 is 0 Å². The summed E-state index contributed by atoms with van der Waals surface area (Å²) in [5, 5.41) is 0. The van der Waals surface area contributed by atoms with Crippen molar-refractivity contribution in [3.8, 4) is 5.75 Å². The van der Waals surface area contributed by atoms with E-state index in [1.807, 2.05) is 66.7 Å². The molecule has 3 aromatic rings. The summed E-state index contributed by atoms with van der Waals surface area (Å²) in [6.45, 7) is 0. The van der Waals surface area contributed by atoms with Gasteiger partial charge in [-0.3, -0.25) is 4.79 Å². The Morgan fingerprint density at radius 3 is 2.29 bits per heavy atom. The van der Waals surface area contributed by atoms with Crippen LogP contribution >= 0.6 is 0 Å². The van der Waals surface area contributed by atoms with E-state index < -0.39 is 11.8 Å². The lowest BCUT2D eigenvalue weighted by molar-refractivity contribution is -0.274. The van der Waals surface area contributed by atoms with E-state index in [0.717, 1.165) is 23.1 Å². The highest BCUT2D eigenvalue weighted by Crippen LogP contribution is 2.40. The molecule has 4 rings (SSSR count). The number of benzene rings is 3. The molecule has 0 amide bonds. The molecular formula is C26H21F3O2. The van der Waals surface area contributed by atoms with Crippen LogP contribution in [0, 0.1) is 5.41 Å². The molecule has 2 nitrogen and oxygen atoms in total. The molecule has 0 aromatic heterocycles. The summed E-state index contributed by atoms with van der Waals surface area (Å²) in [5.41, 5.74) is 2.74. The number of hydrogen-bond donors (Lipinski definition) is 0. The minimum atomic E-state index is -4.73. The fraction of sp³-hybridized carbons (Fsp3) is 0.192. The van der Waals surface area contributed by atoms with Gasteiger partial charge in [0, 0.05) is 5.56 Å². The quantitative estimate of drug-likeness (QED) is 0.460. The zero-order valence-corrected chi connectivity index (χ0v) is 16.7. The van der Waals surface area contributed by atoms with Gasteiger partial charge >= 0.3 is 6.36 Å². The number of ketones is 1. The summed E-state index contributed by atoms with van der Waals surface area (Å²) in [6.07, 6.45) is 0.969. The van der Waals surface area contributed by atoms with Crippen LogP contribution in [0.5, 0.6) is 5.75 Å². The van der Waals surface area contributed by atoms with Gasteiger partial charge in [0.25, 0.3) is 0 Å². The lowest BCUT2D eigenvalue weighted by Gasteiger charge is -2.34. The van der Waals surface area contributed by atoms with Crippen molar-refractivity contribution in [2.75, 3.05) is 0 Å². The van der Waals surface area contributed by atoms with Crippen molar-refractivity contribution in [1.29, 1.82) is 0 Å². The molecule has 5 heteroatoms. The lowest BCUT2D eigenvalue weighted by Crippen LogP contribution is -2.36. The Morgan fingerprint density at radius 2 is 1.58 bits per heavy atom. The number of ether oxygens (including phenoxy) is 1. The first kappa shape index (κ1) is 20.9. The second-order valence-corrected chi connectivity index (χ2v) is 7.75. The first-order valence-electron chi connectivity index (χ1n) is 10.1. The number of carbonyl (C=O) groups excluding carboxylic acids is 1. The predicted molar refractivity (Wildman–Crippen MR) is 114 cm³/mol. The van der Waals surface area contributed by atoms with Gasteiger partial charge in [0.05, 0.1) is 5.41 Å². The topological polar surface area (TPSA) is 26.3 Å². The van der Waals surface area contributed by atoms with E-state index in [4.69, 9.17) is 0 Å². The third-order valence-electron chi connectivity index (χ3n) is 5.63. The fourth-order valence-electron chi connectivity index (χ4n) is 4.08. The highest BCUT2D eigenvalue weighted by Gasteiger charge is 2.40. The molecule has 0 saturated carbocycles. The van der Waals surface area contributed by atoms with Gasteiger partial charge in [-0.15, -0.1) is 13.2 Å². The van der Waals surface area contributed by atoms with E-state index in [1.165, 1.54) is 12.1 Å². The molecule has 31 heavy (non-hydrogen) atoms. The van der Waals surface area contributed by atoms with Crippen LogP contribution in [0.4, 0.5) is 13.2 Å². The van der Waals surface area contributed by atoms with Gasteiger partial charge in [0.15, 0.2) is 5.78 Å². The number of aryl methyl sites for hydroxylation is 1. The van der Waals surface area contributed by atoms with E-state index in [-0.39, 0.29) is 11.5 Å². The first-order chi connectivity index (χ1) is 14.8. The number of rotatable bonds is 5. The molecule has 0 bridgehead atoms. The van der Waals surface area contributed by atoms with Crippen LogP contribution < -0.4 is 4.74 Å². The number of allylic oxidation sites excluding steroid dienone is 1. The van der Waals surface area contributed by atoms with Gasteiger partial charge in [-0.1, -0.05) is 78.9 Å². The molecule has 0 N–H and O–H groups in total.